The minimum absolute atomic E-state index is 0.00771. The molecule has 0 radical (unpaired) electrons. The van der Waals surface area contributed by atoms with Crippen molar-refractivity contribution in [1.29, 1.82) is 0 Å². The maximum atomic E-state index is 12.5. The molecular weight excluding hydrogens is 322 g/mol. The number of hydrogen-bond donors (Lipinski definition) is 1. The SMILES string of the molecule is CCN(Cc1cccs1)C(=O)NCC(C)(C)N1CC(C)OC(C)C1. The highest BCUT2D eigenvalue weighted by Gasteiger charge is 2.33. The van der Waals surface area contributed by atoms with Crippen LogP contribution in [0.2, 0.25) is 0 Å². The van der Waals surface area contributed by atoms with Gasteiger partial charge in [0.2, 0.25) is 0 Å². The van der Waals surface area contributed by atoms with Crippen LogP contribution in [-0.4, -0.2) is 59.8 Å². The van der Waals surface area contributed by atoms with E-state index in [4.69, 9.17) is 4.74 Å². The predicted octanol–water partition coefficient (Wildman–Crippen LogP) is 3.17. The fraction of sp³-hybridized carbons (Fsp3) is 0.722. The molecule has 1 fully saturated rings. The summed E-state index contributed by atoms with van der Waals surface area (Å²) in [5, 5.41) is 5.17. The molecule has 1 aromatic heterocycles. The van der Waals surface area contributed by atoms with Gasteiger partial charge < -0.3 is 15.0 Å². The summed E-state index contributed by atoms with van der Waals surface area (Å²) in [6.45, 7) is 14.4. The van der Waals surface area contributed by atoms with Gasteiger partial charge in [-0.2, -0.15) is 0 Å². The maximum Gasteiger partial charge on any atom is 0.317 e. The molecule has 0 bridgehead atoms. The Morgan fingerprint density at radius 3 is 2.62 bits per heavy atom. The lowest BCUT2D eigenvalue weighted by Gasteiger charge is -2.45. The van der Waals surface area contributed by atoms with E-state index in [1.807, 2.05) is 23.3 Å². The Labute approximate surface area is 150 Å². The number of thiophene rings is 1. The molecule has 6 heteroatoms. The van der Waals surface area contributed by atoms with Gasteiger partial charge in [0.1, 0.15) is 0 Å². The second-order valence-electron chi connectivity index (χ2n) is 7.23. The molecule has 24 heavy (non-hydrogen) atoms. The standard InChI is InChI=1S/C18H31N3O2S/c1-6-20(12-16-8-7-9-24-16)17(22)19-13-18(4,5)21-10-14(2)23-15(3)11-21/h7-9,14-15H,6,10-13H2,1-5H3,(H,19,22). The van der Waals surface area contributed by atoms with E-state index < -0.39 is 0 Å². The van der Waals surface area contributed by atoms with Gasteiger partial charge in [0.05, 0.1) is 18.8 Å². The van der Waals surface area contributed by atoms with Crippen molar-refractivity contribution in [2.45, 2.75) is 58.9 Å². The van der Waals surface area contributed by atoms with Crippen LogP contribution in [0.25, 0.3) is 0 Å². The molecule has 0 saturated carbocycles. The molecule has 2 amide bonds. The second kappa shape index (κ2) is 8.32. The molecule has 1 aliphatic heterocycles. The zero-order chi connectivity index (χ0) is 17.7. The van der Waals surface area contributed by atoms with Gasteiger partial charge in [0.25, 0.3) is 0 Å². The normalized spacial score (nSPS) is 22.4. The van der Waals surface area contributed by atoms with Crippen molar-refractivity contribution in [2.75, 3.05) is 26.2 Å². The Morgan fingerprint density at radius 2 is 2.08 bits per heavy atom. The second-order valence-corrected chi connectivity index (χ2v) is 8.26. The summed E-state index contributed by atoms with van der Waals surface area (Å²) in [5.41, 5.74) is -0.0930. The topological polar surface area (TPSA) is 44.8 Å². The van der Waals surface area contributed by atoms with Crippen molar-refractivity contribution in [1.82, 2.24) is 15.1 Å². The summed E-state index contributed by atoms with van der Waals surface area (Å²) in [4.78, 5) is 18.0. The summed E-state index contributed by atoms with van der Waals surface area (Å²) in [5.74, 6) is 0. The Bertz CT molecular complexity index is 508. The van der Waals surface area contributed by atoms with Crippen LogP contribution in [0.3, 0.4) is 0 Å². The molecule has 0 aliphatic carbocycles. The van der Waals surface area contributed by atoms with Gasteiger partial charge in [-0.3, -0.25) is 4.90 Å². The van der Waals surface area contributed by atoms with Gasteiger partial charge in [0.15, 0.2) is 0 Å². The molecular formula is C18H31N3O2S. The van der Waals surface area contributed by atoms with Crippen LogP contribution in [-0.2, 0) is 11.3 Å². The lowest BCUT2D eigenvalue weighted by atomic mass is 10.00. The summed E-state index contributed by atoms with van der Waals surface area (Å²) in [6, 6.07) is 4.10. The molecule has 2 unspecified atom stereocenters. The van der Waals surface area contributed by atoms with Crippen molar-refractivity contribution in [3.63, 3.8) is 0 Å². The number of morpholine rings is 1. The van der Waals surface area contributed by atoms with Gasteiger partial charge in [-0.15, -0.1) is 11.3 Å². The molecule has 1 aliphatic rings. The fourth-order valence-corrected chi connectivity index (χ4v) is 3.82. The van der Waals surface area contributed by atoms with Gasteiger partial charge in [0, 0.05) is 36.6 Å². The third kappa shape index (κ3) is 5.19. The number of hydrogen-bond acceptors (Lipinski definition) is 4. The zero-order valence-electron chi connectivity index (χ0n) is 15.5. The quantitative estimate of drug-likeness (QED) is 0.854. The minimum atomic E-state index is -0.0930. The Morgan fingerprint density at radius 1 is 1.42 bits per heavy atom. The molecule has 136 valence electrons. The highest BCUT2D eigenvalue weighted by atomic mass is 32.1. The van der Waals surface area contributed by atoms with Crippen molar-refractivity contribution in [3.8, 4) is 0 Å². The lowest BCUT2D eigenvalue weighted by Crippen LogP contribution is -2.59. The van der Waals surface area contributed by atoms with E-state index in [1.165, 1.54) is 4.88 Å². The van der Waals surface area contributed by atoms with Crippen LogP contribution in [0.15, 0.2) is 17.5 Å². The highest BCUT2D eigenvalue weighted by molar-refractivity contribution is 7.09. The third-order valence-corrected chi connectivity index (χ3v) is 5.40. The minimum Gasteiger partial charge on any atom is -0.373 e. The summed E-state index contributed by atoms with van der Waals surface area (Å²) < 4.78 is 5.82. The van der Waals surface area contributed by atoms with Crippen LogP contribution in [0, 0.1) is 0 Å². The molecule has 1 N–H and O–H groups in total. The lowest BCUT2D eigenvalue weighted by molar-refractivity contribution is -0.0948. The molecule has 2 heterocycles. The van der Waals surface area contributed by atoms with E-state index in [2.05, 4.69) is 44.0 Å². The summed E-state index contributed by atoms with van der Waals surface area (Å²) >= 11 is 1.69. The molecule has 5 nitrogen and oxygen atoms in total. The average molecular weight is 354 g/mol. The first-order valence-electron chi connectivity index (χ1n) is 8.77. The van der Waals surface area contributed by atoms with Crippen molar-refractivity contribution in [2.24, 2.45) is 0 Å². The van der Waals surface area contributed by atoms with E-state index in [0.29, 0.717) is 19.6 Å². The first-order chi connectivity index (χ1) is 11.3. The molecule has 0 spiro atoms. The van der Waals surface area contributed by atoms with Crippen LogP contribution in [0.4, 0.5) is 4.79 Å². The van der Waals surface area contributed by atoms with E-state index in [0.717, 1.165) is 13.1 Å². The van der Waals surface area contributed by atoms with Crippen molar-refractivity contribution in [3.05, 3.63) is 22.4 Å². The largest absolute Gasteiger partial charge is 0.373 e. The molecule has 2 rings (SSSR count). The van der Waals surface area contributed by atoms with Crippen molar-refractivity contribution >= 4 is 17.4 Å². The first kappa shape index (κ1) is 19.2. The number of carbonyl (C=O) groups is 1. The van der Waals surface area contributed by atoms with Gasteiger partial charge in [-0.25, -0.2) is 4.79 Å². The summed E-state index contributed by atoms with van der Waals surface area (Å²) in [6.07, 6.45) is 0.462. The fourth-order valence-electron chi connectivity index (χ4n) is 3.11. The molecule has 1 saturated heterocycles. The van der Waals surface area contributed by atoms with Crippen molar-refractivity contribution < 1.29 is 9.53 Å². The van der Waals surface area contributed by atoms with Gasteiger partial charge in [-0.05, 0) is 46.1 Å². The van der Waals surface area contributed by atoms with Crippen LogP contribution < -0.4 is 5.32 Å². The van der Waals surface area contributed by atoms with Crippen LogP contribution in [0.1, 0.15) is 39.5 Å². The smallest absolute Gasteiger partial charge is 0.317 e. The molecule has 0 aromatic carbocycles. The number of urea groups is 1. The number of amides is 2. The Kier molecular flexibility index (Phi) is 6.66. The molecule has 1 aromatic rings. The van der Waals surface area contributed by atoms with E-state index in [1.54, 1.807) is 11.3 Å². The maximum absolute atomic E-state index is 12.5. The van der Waals surface area contributed by atoms with Crippen LogP contribution >= 0.6 is 11.3 Å². The molecule has 2 atom stereocenters. The Balaban J connectivity index is 1.88. The van der Waals surface area contributed by atoms with Gasteiger partial charge in [-0.1, -0.05) is 6.07 Å². The van der Waals surface area contributed by atoms with Gasteiger partial charge >= 0.3 is 6.03 Å². The number of rotatable bonds is 6. The number of carbonyl (C=O) groups excluding carboxylic acids is 1. The van der Waals surface area contributed by atoms with E-state index in [9.17, 15) is 4.79 Å². The first-order valence-corrected chi connectivity index (χ1v) is 9.65. The number of nitrogens with one attached hydrogen (secondary N) is 1. The monoisotopic (exact) mass is 353 g/mol. The predicted molar refractivity (Wildman–Crippen MR) is 99.5 cm³/mol. The van der Waals surface area contributed by atoms with E-state index >= 15 is 0 Å². The van der Waals surface area contributed by atoms with Crippen LogP contribution in [0.5, 0.6) is 0 Å². The third-order valence-electron chi connectivity index (χ3n) is 4.54. The average Bonchev–Trinajstić information content (AvgIpc) is 3.02. The number of nitrogens with zero attached hydrogens (tertiary/aromatic N) is 2. The highest BCUT2D eigenvalue weighted by Crippen LogP contribution is 2.21. The zero-order valence-corrected chi connectivity index (χ0v) is 16.4. The number of ether oxygens (including phenoxy) is 1. The van der Waals surface area contributed by atoms with E-state index in [-0.39, 0.29) is 23.8 Å². The summed E-state index contributed by atoms with van der Waals surface area (Å²) in [7, 11) is 0. The Hall–Kier alpha value is -1.11.